The van der Waals surface area contributed by atoms with Crippen molar-refractivity contribution < 1.29 is 4.74 Å². The second-order valence-corrected chi connectivity index (χ2v) is 6.84. The molecule has 0 amide bonds. The van der Waals surface area contributed by atoms with Gasteiger partial charge in [-0.25, -0.2) is 4.98 Å². The highest BCUT2D eigenvalue weighted by Gasteiger charge is 2.26. The number of hydrogen-bond acceptors (Lipinski definition) is 5. The van der Waals surface area contributed by atoms with E-state index in [2.05, 4.69) is 35.8 Å². The number of nitrogens with zero attached hydrogens (tertiary/aromatic N) is 5. The Kier molecular flexibility index (Phi) is 4.35. The number of imidazole rings is 1. The second-order valence-electron chi connectivity index (χ2n) is 6.84. The molecular weight excluding hydrogens is 340 g/mol. The van der Waals surface area contributed by atoms with Gasteiger partial charge in [0.15, 0.2) is 6.23 Å². The Morgan fingerprint density at radius 3 is 2.85 bits per heavy atom. The standard InChI is InChI=1S/C20H24N6O/c1-4-18-25(11-12-27-18)20(15-5-6-17-22-8-10-24(17)13-15)19(21)16-7-9-26(23-16)14(2)3/h5-14,18H,4,21H2,1-3H3/b20-19-. The molecule has 3 aromatic heterocycles. The lowest BCUT2D eigenvalue weighted by molar-refractivity contribution is 0.0873. The van der Waals surface area contributed by atoms with E-state index < -0.39 is 0 Å². The Morgan fingerprint density at radius 1 is 1.26 bits per heavy atom. The van der Waals surface area contributed by atoms with Crippen LogP contribution < -0.4 is 5.73 Å². The van der Waals surface area contributed by atoms with E-state index in [9.17, 15) is 0 Å². The summed E-state index contributed by atoms with van der Waals surface area (Å²) in [6, 6.07) is 6.24. The molecule has 3 aromatic rings. The fourth-order valence-electron chi connectivity index (χ4n) is 3.26. The van der Waals surface area contributed by atoms with Crippen LogP contribution in [-0.4, -0.2) is 30.3 Å². The minimum Gasteiger partial charge on any atom is -0.476 e. The summed E-state index contributed by atoms with van der Waals surface area (Å²) in [5, 5.41) is 4.65. The number of pyridine rings is 1. The van der Waals surface area contributed by atoms with Crippen molar-refractivity contribution in [3.05, 3.63) is 66.7 Å². The summed E-state index contributed by atoms with van der Waals surface area (Å²) in [5.74, 6) is 0. The van der Waals surface area contributed by atoms with Crippen LogP contribution in [0.5, 0.6) is 0 Å². The van der Waals surface area contributed by atoms with Gasteiger partial charge >= 0.3 is 0 Å². The zero-order chi connectivity index (χ0) is 19.0. The van der Waals surface area contributed by atoms with Crippen molar-refractivity contribution in [1.29, 1.82) is 0 Å². The van der Waals surface area contributed by atoms with E-state index in [0.717, 1.165) is 29.0 Å². The minimum absolute atomic E-state index is 0.0933. The number of fused-ring (bicyclic) bond motifs is 1. The molecule has 1 aliphatic rings. The average Bonchev–Trinajstić information content (AvgIpc) is 3.41. The van der Waals surface area contributed by atoms with Gasteiger partial charge in [0.25, 0.3) is 0 Å². The van der Waals surface area contributed by atoms with Crippen LogP contribution in [0, 0.1) is 0 Å². The predicted octanol–water partition coefficient (Wildman–Crippen LogP) is 3.44. The molecule has 0 aliphatic carbocycles. The van der Waals surface area contributed by atoms with Crippen LogP contribution in [0.4, 0.5) is 0 Å². The SMILES string of the molecule is CCC1OC=CN1/C(=C(\N)c1ccn(C(C)C)n1)c1ccc2nccn2c1. The van der Waals surface area contributed by atoms with Gasteiger partial charge in [0.1, 0.15) is 17.6 Å². The van der Waals surface area contributed by atoms with Crippen LogP contribution in [0.2, 0.25) is 0 Å². The van der Waals surface area contributed by atoms with Gasteiger partial charge < -0.3 is 19.8 Å². The minimum atomic E-state index is -0.0933. The van der Waals surface area contributed by atoms with E-state index in [0.29, 0.717) is 5.70 Å². The van der Waals surface area contributed by atoms with Gasteiger partial charge in [-0.15, -0.1) is 0 Å². The molecule has 0 spiro atoms. The second kappa shape index (κ2) is 6.83. The third kappa shape index (κ3) is 3.05. The number of aromatic nitrogens is 4. The van der Waals surface area contributed by atoms with Gasteiger partial charge in [-0.2, -0.15) is 5.10 Å². The summed E-state index contributed by atoms with van der Waals surface area (Å²) < 4.78 is 9.62. The summed E-state index contributed by atoms with van der Waals surface area (Å²) in [5.41, 5.74) is 10.8. The molecule has 2 N–H and O–H groups in total. The van der Waals surface area contributed by atoms with Crippen molar-refractivity contribution in [3.63, 3.8) is 0 Å². The molecule has 0 saturated carbocycles. The first-order chi connectivity index (χ1) is 13.1. The molecule has 0 fully saturated rings. The summed E-state index contributed by atoms with van der Waals surface area (Å²) in [6.07, 6.45) is 12.1. The topological polar surface area (TPSA) is 73.6 Å². The summed E-state index contributed by atoms with van der Waals surface area (Å²) >= 11 is 0. The van der Waals surface area contributed by atoms with E-state index in [-0.39, 0.29) is 12.3 Å². The molecule has 7 nitrogen and oxygen atoms in total. The van der Waals surface area contributed by atoms with E-state index in [1.165, 1.54) is 0 Å². The molecule has 140 valence electrons. The van der Waals surface area contributed by atoms with Crippen LogP contribution in [0.15, 0.2) is 55.4 Å². The van der Waals surface area contributed by atoms with Crippen LogP contribution in [0.3, 0.4) is 0 Å². The molecule has 0 aromatic carbocycles. The monoisotopic (exact) mass is 364 g/mol. The maximum atomic E-state index is 6.65. The summed E-state index contributed by atoms with van der Waals surface area (Å²) in [6.45, 7) is 6.27. The number of hydrogen-bond donors (Lipinski definition) is 1. The van der Waals surface area contributed by atoms with Crippen LogP contribution in [-0.2, 0) is 4.74 Å². The third-order valence-electron chi connectivity index (χ3n) is 4.71. The Bertz CT molecular complexity index is 1010. The predicted molar refractivity (Wildman–Crippen MR) is 105 cm³/mol. The number of rotatable bonds is 5. The zero-order valence-electron chi connectivity index (χ0n) is 15.8. The lowest BCUT2D eigenvalue weighted by atomic mass is 10.1. The molecule has 27 heavy (non-hydrogen) atoms. The van der Waals surface area contributed by atoms with Crippen molar-refractivity contribution in [3.8, 4) is 0 Å². The van der Waals surface area contributed by atoms with Crippen LogP contribution in [0.1, 0.15) is 44.5 Å². The third-order valence-corrected chi connectivity index (χ3v) is 4.71. The van der Waals surface area contributed by atoms with Crippen LogP contribution in [0.25, 0.3) is 17.0 Å². The van der Waals surface area contributed by atoms with Crippen molar-refractivity contribution in [1.82, 2.24) is 24.1 Å². The highest BCUT2D eigenvalue weighted by molar-refractivity contribution is 5.87. The first-order valence-electron chi connectivity index (χ1n) is 9.17. The molecule has 1 aliphatic heterocycles. The Hall–Kier alpha value is -3.22. The van der Waals surface area contributed by atoms with Crippen molar-refractivity contribution in [2.24, 2.45) is 5.73 Å². The maximum absolute atomic E-state index is 6.65. The van der Waals surface area contributed by atoms with E-state index in [4.69, 9.17) is 10.5 Å². The van der Waals surface area contributed by atoms with Gasteiger partial charge in [-0.1, -0.05) is 6.92 Å². The first kappa shape index (κ1) is 17.2. The summed E-state index contributed by atoms with van der Waals surface area (Å²) in [4.78, 5) is 6.39. The molecule has 1 atom stereocenters. The molecule has 4 rings (SSSR count). The van der Waals surface area contributed by atoms with Gasteiger partial charge in [0.05, 0.1) is 11.4 Å². The molecule has 1 unspecified atom stereocenters. The lowest BCUT2D eigenvalue weighted by Gasteiger charge is -2.27. The van der Waals surface area contributed by atoms with Gasteiger partial charge in [0, 0.05) is 49.0 Å². The molecule has 7 heteroatoms. The average molecular weight is 364 g/mol. The molecule has 0 radical (unpaired) electrons. The number of nitrogens with two attached hydrogens (primary N) is 1. The highest BCUT2D eigenvalue weighted by atomic mass is 16.5. The largest absolute Gasteiger partial charge is 0.476 e. The summed E-state index contributed by atoms with van der Waals surface area (Å²) in [7, 11) is 0. The highest BCUT2D eigenvalue weighted by Crippen LogP contribution is 2.32. The van der Waals surface area contributed by atoms with E-state index in [1.54, 1.807) is 12.5 Å². The van der Waals surface area contributed by atoms with Gasteiger partial charge in [-0.05, 0) is 32.0 Å². The molecule has 0 saturated heterocycles. The molecular formula is C20H24N6O. The number of ether oxygens (including phenoxy) is 1. The smallest absolute Gasteiger partial charge is 0.175 e. The fourth-order valence-corrected chi connectivity index (χ4v) is 3.26. The van der Waals surface area contributed by atoms with Crippen molar-refractivity contribution in [2.75, 3.05) is 0 Å². The molecule has 0 bridgehead atoms. The van der Waals surface area contributed by atoms with Gasteiger partial charge in [-0.3, -0.25) is 4.68 Å². The Morgan fingerprint density at radius 2 is 2.11 bits per heavy atom. The molecule has 4 heterocycles. The van der Waals surface area contributed by atoms with Gasteiger partial charge in [0.2, 0.25) is 0 Å². The zero-order valence-corrected chi connectivity index (χ0v) is 15.8. The quantitative estimate of drug-likeness (QED) is 0.751. The first-order valence-corrected chi connectivity index (χ1v) is 9.17. The van der Waals surface area contributed by atoms with Crippen LogP contribution >= 0.6 is 0 Å². The van der Waals surface area contributed by atoms with E-state index in [1.807, 2.05) is 52.1 Å². The normalized spacial score (nSPS) is 17.6. The fraction of sp³-hybridized carbons (Fsp3) is 0.300. The lowest BCUT2D eigenvalue weighted by Crippen LogP contribution is -2.28. The van der Waals surface area contributed by atoms with Crippen molar-refractivity contribution in [2.45, 2.75) is 39.5 Å². The Labute approximate surface area is 158 Å². The maximum Gasteiger partial charge on any atom is 0.175 e. The Balaban J connectivity index is 1.87. The van der Waals surface area contributed by atoms with E-state index >= 15 is 0 Å². The van der Waals surface area contributed by atoms with Crippen molar-refractivity contribution >= 4 is 17.0 Å².